The second kappa shape index (κ2) is 10.1. The van der Waals surface area contributed by atoms with E-state index in [0.29, 0.717) is 22.6 Å². The molecule has 174 valence electrons. The van der Waals surface area contributed by atoms with E-state index in [1.165, 1.54) is 0 Å². The van der Waals surface area contributed by atoms with E-state index < -0.39 is 5.91 Å². The molecule has 0 radical (unpaired) electrons. The summed E-state index contributed by atoms with van der Waals surface area (Å²) in [5.74, 6) is 0.136. The highest BCUT2D eigenvalue weighted by Gasteiger charge is 2.25. The second-order valence-corrected chi connectivity index (χ2v) is 9.23. The van der Waals surface area contributed by atoms with Crippen molar-refractivity contribution in [1.29, 1.82) is 0 Å². The van der Waals surface area contributed by atoms with Crippen LogP contribution >= 0.6 is 11.8 Å². The lowest BCUT2D eigenvalue weighted by Gasteiger charge is -2.30. The number of nitrogens with one attached hydrogen (secondary N) is 4. The zero-order valence-electron chi connectivity index (χ0n) is 18.3. The third kappa shape index (κ3) is 5.32. The fraction of sp³-hybridized carbons (Fsp3) is 0.304. The Hall–Kier alpha value is -3.57. The summed E-state index contributed by atoms with van der Waals surface area (Å²) in [6.07, 6.45) is 10.9. The Labute approximate surface area is 200 Å². The predicted molar refractivity (Wildman–Crippen MR) is 129 cm³/mol. The first-order valence-electron chi connectivity index (χ1n) is 11.2. The first kappa shape index (κ1) is 22.2. The number of hydrogen-bond donors (Lipinski definition) is 4. The Balaban J connectivity index is 1.13. The molecule has 0 aromatic carbocycles. The molecule has 2 aliphatic rings. The summed E-state index contributed by atoms with van der Waals surface area (Å²) in [6.45, 7) is 0.749. The lowest BCUT2D eigenvalue weighted by atomic mass is 9.91. The molecule has 0 bridgehead atoms. The molecule has 1 saturated heterocycles. The van der Waals surface area contributed by atoms with Crippen molar-refractivity contribution in [2.75, 3.05) is 5.32 Å². The molecule has 11 heteroatoms. The second-order valence-electron chi connectivity index (χ2n) is 8.21. The number of H-pyrrole nitrogens is 1. The van der Waals surface area contributed by atoms with Gasteiger partial charge in [0.1, 0.15) is 0 Å². The number of nitrogens with zero attached hydrogens (tertiary/aromatic N) is 4. The fourth-order valence-corrected chi connectivity index (χ4v) is 4.84. The van der Waals surface area contributed by atoms with Crippen molar-refractivity contribution in [3.05, 3.63) is 59.0 Å². The number of thioether (sulfide) groups is 1. The highest BCUT2D eigenvalue weighted by Crippen LogP contribution is 2.26. The van der Waals surface area contributed by atoms with Gasteiger partial charge in [-0.25, -0.2) is 9.97 Å². The molecule has 4 N–H and O–H groups in total. The van der Waals surface area contributed by atoms with E-state index in [1.807, 2.05) is 12.1 Å². The zero-order valence-corrected chi connectivity index (χ0v) is 19.1. The molecule has 0 unspecified atom stereocenters. The van der Waals surface area contributed by atoms with Gasteiger partial charge in [-0.3, -0.25) is 25.0 Å². The van der Waals surface area contributed by atoms with Gasteiger partial charge < -0.3 is 10.6 Å². The maximum atomic E-state index is 11.7. The van der Waals surface area contributed by atoms with Crippen LogP contribution in [0.25, 0.3) is 17.5 Å². The molecule has 3 aromatic rings. The van der Waals surface area contributed by atoms with Gasteiger partial charge in [-0.05, 0) is 67.3 Å². The van der Waals surface area contributed by atoms with Crippen molar-refractivity contribution in [2.24, 2.45) is 0 Å². The lowest BCUT2D eigenvalue weighted by molar-refractivity contribution is -0.115. The van der Waals surface area contributed by atoms with Gasteiger partial charge in [0.15, 0.2) is 0 Å². The summed E-state index contributed by atoms with van der Waals surface area (Å²) in [6, 6.07) is 8.40. The minimum Gasteiger partial charge on any atom is -0.351 e. The molecule has 0 spiro atoms. The van der Waals surface area contributed by atoms with Gasteiger partial charge in [-0.2, -0.15) is 5.10 Å². The van der Waals surface area contributed by atoms with Gasteiger partial charge >= 0.3 is 0 Å². The van der Waals surface area contributed by atoms with Crippen LogP contribution in [-0.4, -0.2) is 48.4 Å². The molecule has 34 heavy (non-hydrogen) atoms. The number of carbonyl (C=O) groups is 2. The summed E-state index contributed by atoms with van der Waals surface area (Å²) in [5.41, 5.74) is 3.57. The Bertz CT molecular complexity index is 1210. The van der Waals surface area contributed by atoms with Gasteiger partial charge in [0, 0.05) is 37.2 Å². The third-order valence-electron chi connectivity index (χ3n) is 5.89. The molecule has 4 heterocycles. The SMILES string of the molecule is O=C1NC(=O)/C(=C\c2ccnc(NC3CCC(NCc4cccnc4-c4ccn[nH]4)CC3)n2)S1. The monoisotopic (exact) mass is 476 g/mol. The maximum absolute atomic E-state index is 11.7. The van der Waals surface area contributed by atoms with Crippen molar-refractivity contribution >= 4 is 34.9 Å². The third-order valence-corrected chi connectivity index (χ3v) is 6.70. The van der Waals surface area contributed by atoms with Crippen LogP contribution in [0.3, 0.4) is 0 Å². The molecule has 3 aromatic heterocycles. The number of hydrogen-bond acceptors (Lipinski definition) is 9. The number of anilines is 1. The lowest BCUT2D eigenvalue weighted by Crippen LogP contribution is -2.37. The molecule has 0 atom stereocenters. The first-order chi connectivity index (χ1) is 16.6. The van der Waals surface area contributed by atoms with E-state index in [0.717, 1.165) is 60.9 Å². The quantitative estimate of drug-likeness (QED) is 0.379. The number of imide groups is 1. The molecule has 2 amide bonds. The Morgan fingerprint density at radius 2 is 1.88 bits per heavy atom. The Morgan fingerprint density at radius 3 is 2.65 bits per heavy atom. The van der Waals surface area contributed by atoms with Crippen LogP contribution in [0.15, 0.2) is 47.8 Å². The molecule has 2 fully saturated rings. The minimum absolute atomic E-state index is 0.283. The zero-order chi connectivity index (χ0) is 23.3. The van der Waals surface area contributed by atoms with Gasteiger partial charge in [-0.1, -0.05) is 6.07 Å². The summed E-state index contributed by atoms with van der Waals surface area (Å²) in [4.78, 5) is 36.7. The van der Waals surface area contributed by atoms with Crippen LogP contribution < -0.4 is 16.0 Å². The van der Waals surface area contributed by atoms with Crippen molar-refractivity contribution in [3.8, 4) is 11.4 Å². The summed E-state index contributed by atoms with van der Waals surface area (Å²) < 4.78 is 0. The predicted octanol–water partition coefficient (Wildman–Crippen LogP) is 3.10. The number of rotatable bonds is 7. The molecule has 1 aliphatic heterocycles. The Morgan fingerprint density at radius 1 is 1.03 bits per heavy atom. The highest BCUT2D eigenvalue weighted by atomic mass is 32.2. The Kier molecular flexibility index (Phi) is 6.63. The van der Waals surface area contributed by atoms with Crippen LogP contribution in [0, 0.1) is 0 Å². The van der Waals surface area contributed by atoms with Gasteiger partial charge in [-0.15, -0.1) is 0 Å². The topological polar surface area (TPSA) is 138 Å². The van der Waals surface area contributed by atoms with Crippen molar-refractivity contribution in [1.82, 2.24) is 35.8 Å². The molecule has 1 aliphatic carbocycles. The number of pyridine rings is 1. The normalized spacial score (nSPS) is 21.6. The molecule has 1 saturated carbocycles. The first-order valence-corrected chi connectivity index (χ1v) is 12.0. The molecule has 10 nitrogen and oxygen atoms in total. The largest absolute Gasteiger partial charge is 0.351 e. The maximum Gasteiger partial charge on any atom is 0.290 e. The number of carbonyl (C=O) groups excluding carboxylic acids is 2. The molecule has 5 rings (SSSR count). The van der Waals surface area contributed by atoms with E-state index in [2.05, 4.69) is 47.2 Å². The average molecular weight is 477 g/mol. The van der Waals surface area contributed by atoms with E-state index >= 15 is 0 Å². The van der Waals surface area contributed by atoms with E-state index in [9.17, 15) is 9.59 Å². The van der Waals surface area contributed by atoms with Crippen LogP contribution in [-0.2, 0) is 11.3 Å². The number of amides is 2. The fourth-order valence-electron chi connectivity index (χ4n) is 4.17. The van der Waals surface area contributed by atoms with Crippen LogP contribution in [0.4, 0.5) is 10.7 Å². The number of aromatic amines is 1. The van der Waals surface area contributed by atoms with Gasteiger partial charge in [0.05, 0.1) is 22.0 Å². The van der Waals surface area contributed by atoms with Crippen LogP contribution in [0.1, 0.15) is 36.9 Å². The smallest absolute Gasteiger partial charge is 0.290 e. The molecular formula is C23H24N8O2S. The van der Waals surface area contributed by atoms with Crippen LogP contribution in [0.5, 0.6) is 0 Å². The van der Waals surface area contributed by atoms with E-state index in [4.69, 9.17) is 0 Å². The number of aromatic nitrogens is 5. The standard InChI is InChI=1S/C23H24N8O2S/c32-21-19(34-23(33)30-21)12-17-7-10-25-22(29-17)28-16-5-3-15(4-6-16)26-13-14-2-1-9-24-20(14)18-8-11-27-31-18/h1-2,7-12,15-16,26H,3-6,13H2,(H,27,31)(H,25,28,29)(H,30,32,33)/b19-12+. The van der Waals surface area contributed by atoms with Crippen molar-refractivity contribution in [2.45, 2.75) is 44.3 Å². The average Bonchev–Trinajstić information content (AvgIpc) is 3.49. The summed E-state index contributed by atoms with van der Waals surface area (Å²) >= 11 is 0.878. The molecular weight excluding hydrogens is 452 g/mol. The highest BCUT2D eigenvalue weighted by molar-refractivity contribution is 8.18. The van der Waals surface area contributed by atoms with Gasteiger partial charge in [0.2, 0.25) is 5.95 Å². The van der Waals surface area contributed by atoms with Crippen molar-refractivity contribution < 1.29 is 9.59 Å². The minimum atomic E-state index is -0.392. The van der Waals surface area contributed by atoms with E-state index in [1.54, 1.807) is 30.7 Å². The summed E-state index contributed by atoms with van der Waals surface area (Å²) in [7, 11) is 0. The van der Waals surface area contributed by atoms with Gasteiger partial charge in [0.25, 0.3) is 11.1 Å². The van der Waals surface area contributed by atoms with E-state index in [-0.39, 0.29) is 11.3 Å². The van der Waals surface area contributed by atoms with Crippen molar-refractivity contribution in [3.63, 3.8) is 0 Å². The summed E-state index contributed by atoms with van der Waals surface area (Å²) in [5, 5.41) is 16.0. The van der Waals surface area contributed by atoms with Crippen LogP contribution in [0.2, 0.25) is 0 Å².